The summed E-state index contributed by atoms with van der Waals surface area (Å²) in [5.41, 5.74) is 10.3. The Morgan fingerprint density at radius 2 is 1.82 bits per heavy atom. The molecule has 2 aromatic heterocycles. The van der Waals surface area contributed by atoms with Crippen LogP contribution in [0, 0.1) is 0 Å². The van der Waals surface area contributed by atoms with Crippen molar-refractivity contribution in [3.05, 3.63) is 83.6 Å². The van der Waals surface area contributed by atoms with Crippen LogP contribution in [0.4, 0.5) is 11.5 Å². The smallest absolute Gasteiger partial charge is 0.358 e. The Hall–Kier alpha value is -4.09. The van der Waals surface area contributed by atoms with Gasteiger partial charge in [0.1, 0.15) is 5.82 Å². The number of anilines is 2. The van der Waals surface area contributed by atoms with E-state index in [1.54, 1.807) is 25.1 Å². The van der Waals surface area contributed by atoms with Gasteiger partial charge in [0.2, 0.25) is 0 Å². The SMILES string of the molecule is CCOC(=O)c1ccc(-n2nc(-c3ccccc3)c(Cc3ccc(NS(=O)[O-])cc3)c2N)nn1. The average molecular weight is 478 g/mol. The Labute approximate surface area is 198 Å². The van der Waals surface area contributed by atoms with Crippen molar-refractivity contribution in [1.29, 1.82) is 0 Å². The molecule has 0 fully saturated rings. The van der Waals surface area contributed by atoms with Gasteiger partial charge in [0, 0.05) is 34.5 Å². The molecule has 0 aliphatic rings. The monoisotopic (exact) mass is 477 g/mol. The number of rotatable bonds is 8. The highest BCUT2D eigenvalue weighted by Crippen LogP contribution is 2.31. The molecule has 0 radical (unpaired) electrons. The summed E-state index contributed by atoms with van der Waals surface area (Å²) >= 11 is -2.39. The van der Waals surface area contributed by atoms with E-state index in [4.69, 9.17) is 15.6 Å². The van der Waals surface area contributed by atoms with Crippen molar-refractivity contribution in [2.75, 3.05) is 17.1 Å². The molecule has 11 heteroatoms. The Morgan fingerprint density at radius 3 is 2.44 bits per heavy atom. The van der Waals surface area contributed by atoms with Crippen LogP contribution >= 0.6 is 0 Å². The number of carbonyl (C=O) groups is 1. The van der Waals surface area contributed by atoms with Gasteiger partial charge >= 0.3 is 5.97 Å². The molecule has 0 aliphatic carbocycles. The third-order valence-corrected chi connectivity index (χ3v) is 5.36. The Kier molecular flexibility index (Phi) is 6.95. The van der Waals surface area contributed by atoms with Crippen molar-refractivity contribution < 1.29 is 18.3 Å². The number of hydrogen-bond donors (Lipinski definition) is 2. The predicted octanol–water partition coefficient (Wildman–Crippen LogP) is 2.88. The van der Waals surface area contributed by atoms with E-state index in [1.807, 2.05) is 42.5 Å². The lowest BCUT2D eigenvalue weighted by Gasteiger charge is -2.10. The van der Waals surface area contributed by atoms with Gasteiger partial charge in [-0.15, -0.1) is 10.2 Å². The third kappa shape index (κ3) is 5.11. The summed E-state index contributed by atoms with van der Waals surface area (Å²) in [7, 11) is 0. The van der Waals surface area contributed by atoms with E-state index in [1.165, 1.54) is 10.7 Å². The highest BCUT2D eigenvalue weighted by Gasteiger charge is 2.20. The van der Waals surface area contributed by atoms with Crippen LogP contribution in [0.3, 0.4) is 0 Å². The largest absolute Gasteiger partial charge is 0.755 e. The number of nitrogens with zero attached hydrogens (tertiary/aromatic N) is 4. The molecule has 2 heterocycles. The average Bonchev–Trinajstić information content (AvgIpc) is 3.17. The minimum absolute atomic E-state index is 0.0903. The number of nitrogens with one attached hydrogen (secondary N) is 1. The van der Waals surface area contributed by atoms with Crippen LogP contribution in [0.25, 0.3) is 17.1 Å². The molecule has 1 atom stereocenters. The van der Waals surface area contributed by atoms with E-state index in [0.717, 1.165) is 16.7 Å². The van der Waals surface area contributed by atoms with Gasteiger partial charge in [-0.3, -0.25) is 4.21 Å². The summed E-state index contributed by atoms with van der Waals surface area (Å²) < 4.78 is 30.4. The second-order valence-electron chi connectivity index (χ2n) is 7.20. The molecular weight excluding hydrogens is 456 g/mol. The quantitative estimate of drug-likeness (QED) is 0.291. The van der Waals surface area contributed by atoms with E-state index in [0.29, 0.717) is 29.4 Å². The van der Waals surface area contributed by atoms with Gasteiger partial charge in [-0.2, -0.15) is 9.78 Å². The zero-order chi connectivity index (χ0) is 24.1. The van der Waals surface area contributed by atoms with Crippen molar-refractivity contribution >= 4 is 28.7 Å². The van der Waals surface area contributed by atoms with E-state index < -0.39 is 17.2 Å². The summed E-state index contributed by atoms with van der Waals surface area (Å²) in [6.07, 6.45) is 0.450. The van der Waals surface area contributed by atoms with Gasteiger partial charge in [-0.1, -0.05) is 42.5 Å². The fourth-order valence-corrected chi connectivity index (χ4v) is 3.71. The molecule has 174 valence electrons. The molecule has 0 bridgehead atoms. The van der Waals surface area contributed by atoms with Crippen molar-refractivity contribution in [3.8, 4) is 17.1 Å². The molecule has 34 heavy (non-hydrogen) atoms. The van der Waals surface area contributed by atoms with Crippen LogP contribution < -0.4 is 10.5 Å². The molecule has 0 spiro atoms. The van der Waals surface area contributed by atoms with Gasteiger partial charge in [0.15, 0.2) is 11.5 Å². The molecule has 3 N–H and O–H groups in total. The number of benzene rings is 2. The first-order valence-corrected chi connectivity index (χ1v) is 11.4. The predicted molar refractivity (Wildman–Crippen MR) is 127 cm³/mol. The molecule has 10 nitrogen and oxygen atoms in total. The Morgan fingerprint density at radius 1 is 1.09 bits per heavy atom. The van der Waals surface area contributed by atoms with E-state index in [9.17, 15) is 13.6 Å². The number of ether oxygens (including phenoxy) is 1. The number of hydrogen-bond acceptors (Lipinski definition) is 8. The van der Waals surface area contributed by atoms with Gasteiger partial charge < -0.3 is 19.7 Å². The van der Waals surface area contributed by atoms with Gasteiger partial charge in [0.05, 0.1) is 12.3 Å². The van der Waals surface area contributed by atoms with Crippen LogP contribution in [-0.4, -0.2) is 41.3 Å². The Bertz CT molecular complexity index is 1310. The highest BCUT2D eigenvalue weighted by atomic mass is 32.2. The van der Waals surface area contributed by atoms with Crippen molar-refractivity contribution in [2.45, 2.75) is 13.3 Å². The first-order valence-electron chi connectivity index (χ1n) is 10.3. The lowest BCUT2D eigenvalue weighted by atomic mass is 10.0. The number of aromatic nitrogens is 4. The van der Waals surface area contributed by atoms with Crippen LogP contribution in [0.2, 0.25) is 0 Å². The fraction of sp³-hybridized carbons (Fsp3) is 0.130. The van der Waals surface area contributed by atoms with E-state index in [-0.39, 0.29) is 12.3 Å². The van der Waals surface area contributed by atoms with Crippen molar-refractivity contribution in [3.63, 3.8) is 0 Å². The summed E-state index contributed by atoms with van der Waals surface area (Å²) in [5, 5.41) is 12.7. The van der Waals surface area contributed by atoms with E-state index >= 15 is 0 Å². The fourth-order valence-electron chi connectivity index (χ4n) is 3.38. The van der Waals surface area contributed by atoms with E-state index in [2.05, 4.69) is 14.9 Å². The zero-order valence-electron chi connectivity index (χ0n) is 18.2. The molecule has 4 aromatic rings. The normalized spacial score (nSPS) is 11.7. The maximum absolute atomic E-state index is 11.9. The second kappa shape index (κ2) is 10.2. The van der Waals surface area contributed by atoms with Crippen LogP contribution in [-0.2, 0) is 22.4 Å². The highest BCUT2D eigenvalue weighted by molar-refractivity contribution is 7.80. The van der Waals surface area contributed by atoms with Crippen LogP contribution in [0.5, 0.6) is 0 Å². The van der Waals surface area contributed by atoms with Crippen LogP contribution in [0.1, 0.15) is 28.5 Å². The number of carbonyl (C=O) groups excluding carboxylic acids is 1. The van der Waals surface area contributed by atoms with Crippen molar-refractivity contribution in [1.82, 2.24) is 20.0 Å². The topological polar surface area (TPSA) is 148 Å². The Balaban J connectivity index is 1.71. The molecule has 0 saturated heterocycles. The second-order valence-corrected chi connectivity index (χ2v) is 7.87. The number of esters is 1. The first kappa shape index (κ1) is 23.1. The molecule has 0 aliphatic heterocycles. The molecular formula is C23H21N6O4S-. The van der Waals surface area contributed by atoms with Crippen molar-refractivity contribution in [2.24, 2.45) is 0 Å². The molecule has 0 amide bonds. The minimum atomic E-state index is -2.39. The summed E-state index contributed by atoms with van der Waals surface area (Å²) in [6.45, 7) is 1.95. The number of nitrogens with two attached hydrogens (primary N) is 1. The maximum atomic E-state index is 11.9. The molecule has 4 rings (SSSR count). The molecule has 0 saturated carbocycles. The lowest BCUT2D eigenvalue weighted by Crippen LogP contribution is -2.11. The summed E-state index contributed by atoms with van der Waals surface area (Å²) in [4.78, 5) is 11.9. The standard InChI is InChI=1S/C23H22N6O4S/c1-2-33-23(30)19-12-13-20(26-25-19)29-22(24)18(21(27-29)16-6-4-3-5-7-16)14-15-8-10-17(11-9-15)28-34(31)32/h3-13,28H,2,14,24H2,1H3,(H,31,32)/p-1. The first-order chi connectivity index (χ1) is 16.5. The van der Waals surface area contributed by atoms with Gasteiger partial charge in [-0.25, -0.2) is 4.79 Å². The van der Waals surface area contributed by atoms with Gasteiger partial charge in [-0.05, 0) is 36.8 Å². The zero-order valence-corrected chi connectivity index (χ0v) is 19.0. The third-order valence-electron chi connectivity index (χ3n) is 4.96. The minimum Gasteiger partial charge on any atom is -0.755 e. The number of nitrogen functional groups attached to an aromatic ring is 1. The lowest BCUT2D eigenvalue weighted by molar-refractivity contribution is 0.0518. The van der Waals surface area contributed by atoms with Gasteiger partial charge in [0.25, 0.3) is 0 Å². The summed E-state index contributed by atoms with van der Waals surface area (Å²) in [5.74, 6) is 0.172. The molecule has 2 aromatic carbocycles. The summed E-state index contributed by atoms with van der Waals surface area (Å²) in [6, 6.07) is 19.7. The maximum Gasteiger partial charge on any atom is 0.358 e. The molecule has 1 unspecified atom stereocenters. The van der Waals surface area contributed by atoms with Crippen LogP contribution in [0.15, 0.2) is 66.7 Å².